The molecule has 2 fully saturated rings. The van der Waals surface area contributed by atoms with Gasteiger partial charge in [-0.15, -0.1) is 0 Å². The number of carbonyl (C=O) groups excluding carboxylic acids is 1. The Bertz CT molecular complexity index is 551. The molecule has 1 heterocycles. The number of benzene rings is 1. The van der Waals surface area contributed by atoms with Crippen LogP contribution in [0, 0.1) is 6.92 Å². The highest BCUT2D eigenvalue weighted by molar-refractivity contribution is 5.96. The molecule has 1 aliphatic heterocycles. The molecule has 1 aromatic rings. The first-order valence-corrected chi connectivity index (χ1v) is 9.63. The fourth-order valence-electron chi connectivity index (χ4n) is 4.45. The summed E-state index contributed by atoms with van der Waals surface area (Å²) >= 11 is 0. The summed E-state index contributed by atoms with van der Waals surface area (Å²) in [7, 11) is 0. The zero-order valence-electron chi connectivity index (χ0n) is 14.9. The molecule has 1 amide bonds. The maximum absolute atomic E-state index is 13.2. The molecule has 0 N–H and O–H groups in total. The van der Waals surface area contributed by atoms with Crippen molar-refractivity contribution in [2.45, 2.75) is 77.6 Å². The average Bonchev–Trinajstić information content (AvgIpc) is 2.61. The van der Waals surface area contributed by atoms with Crippen molar-refractivity contribution in [2.24, 2.45) is 0 Å². The lowest BCUT2D eigenvalue weighted by Crippen LogP contribution is -2.36. The molecule has 0 atom stereocenters. The maximum atomic E-state index is 13.2. The Balaban J connectivity index is 1.97. The lowest BCUT2D eigenvalue weighted by atomic mass is 9.79. The molecule has 0 spiro atoms. The van der Waals surface area contributed by atoms with E-state index in [0.717, 1.165) is 37.9 Å². The highest BCUT2D eigenvalue weighted by Gasteiger charge is 2.27. The minimum atomic E-state index is 0.295. The van der Waals surface area contributed by atoms with Gasteiger partial charge in [0.05, 0.1) is 0 Å². The topological polar surface area (TPSA) is 20.3 Å². The highest BCUT2D eigenvalue weighted by atomic mass is 16.2. The van der Waals surface area contributed by atoms with E-state index in [-0.39, 0.29) is 0 Å². The molecular formula is C21H31NO. The minimum absolute atomic E-state index is 0.295. The molecule has 0 aromatic heterocycles. The number of amides is 1. The second-order valence-electron chi connectivity index (χ2n) is 7.42. The SMILES string of the molecule is CCc1cc(C)c(C2CCCCC2)c(C(=O)N2CCCCC2)c1. The van der Waals surface area contributed by atoms with Crippen LogP contribution >= 0.6 is 0 Å². The van der Waals surface area contributed by atoms with Crippen molar-refractivity contribution >= 4 is 5.91 Å². The van der Waals surface area contributed by atoms with Gasteiger partial charge in [0.2, 0.25) is 0 Å². The van der Waals surface area contributed by atoms with E-state index in [4.69, 9.17) is 0 Å². The Morgan fingerprint density at radius 1 is 1.04 bits per heavy atom. The van der Waals surface area contributed by atoms with Gasteiger partial charge in [0.1, 0.15) is 0 Å². The van der Waals surface area contributed by atoms with Crippen LogP contribution in [0.1, 0.15) is 91.3 Å². The smallest absolute Gasteiger partial charge is 0.254 e. The first kappa shape index (κ1) is 16.5. The third-order valence-corrected chi connectivity index (χ3v) is 5.74. The maximum Gasteiger partial charge on any atom is 0.254 e. The Morgan fingerprint density at radius 2 is 1.70 bits per heavy atom. The number of aryl methyl sites for hydroxylation is 2. The number of rotatable bonds is 3. The second kappa shape index (κ2) is 7.51. The van der Waals surface area contributed by atoms with E-state index in [1.165, 1.54) is 55.2 Å². The van der Waals surface area contributed by atoms with Gasteiger partial charge >= 0.3 is 0 Å². The normalized spacial score (nSPS) is 19.8. The first-order chi connectivity index (χ1) is 11.2. The average molecular weight is 313 g/mol. The molecule has 1 aromatic carbocycles. The van der Waals surface area contributed by atoms with Gasteiger partial charge < -0.3 is 4.90 Å². The van der Waals surface area contributed by atoms with Crippen molar-refractivity contribution < 1.29 is 4.79 Å². The standard InChI is InChI=1S/C21H31NO/c1-3-17-14-16(2)20(18-10-6-4-7-11-18)19(15-17)21(23)22-12-8-5-9-13-22/h14-15,18H,3-13H2,1-2H3. The molecule has 1 saturated heterocycles. The molecule has 0 radical (unpaired) electrons. The number of carbonyl (C=O) groups is 1. The zero-order chi connectivity index (χ0) is 16.2. The van der Waals surface area contributed by atoms with Gasteiger partial charge in [-0.1, -0.05) is 32.3 Å². The third-order valence-electron chi connectivity index (χ3n) is 5.74. The molecule has 2 heteroatoms. The summed E-state index contributed by atoms with van der Waals surface area (Å²) < 4.78 is 0. The molecule has 2 aliphatic rings. The van der Waals surface area contributed by atoms with Crippen LogP contribution in [0.4, 0.5) is 0 Å². The van der Waals surface area contributed by atoms with E-state index in [1.54, 1.807) is 0 Å². The summed E-state index contributed by atoms with van der Waals surface area (Å²) in [5.41, 5.74) is 5.05. The van der Waals surface area contributed by atoms with Gasteiger partial charge in [-0.25, -0.2) is 0 Å². The number of likely N-dealkylation sites (tertiary alicyclic amines) is 1. The quantitative estimate of drug-likeness (QED) is 0.748. The van der Waals surface area contributed by atoms with Crippen LogP contribution in [-0.4, -0.2) is 23.9 Å². The predicted octanol–water partition coefficient (Wildman–Crippen LogP) is 5.23. The van der Waals surface area contributed by atoms with Gasteiger partial charge in [-0.3, -0.25) is 4.79 Å². The van der Waals surface area contributed by atoms with Crippen LogP contribution < -0.4 is 0 Å². The fraction of sp³-hybridized carbons (Fsp3) is 0.667. The Kier molecular flexibility index (Phi) is 5.40. The molecule has 1 saturated carbocycles. The molecular weight excluding hydrogens is 282 g/mol. The van der Waals surface area contributed by atoms with E-state index < -0.39 is 0 Å². The molecule has 1 aliphatic carbocycles. The molecule has 0 bridgehead atoms. The van der Waals surface area contributed by atoms with E-state index in [0.29, 0.717) is 11.8 Å². The second-order valence-corrected chi connectivity index (χ2v) is 7.42. The van der Waals surface area contributed by atoms with Gasteiger partial charge in [-0.2, -0.15) is 0 Å². The largest absolute Gasteiger partial charge is 0.339 e. The third kappa shape index (κ3) is 3.62. The highest BCUT2D eigenvalue weighted by Crippen LogP contribution is 2.37. The van der Waals surface area contributed by atoms with Crippen molar-refractivity contribution in [2.75, 3.05) is 13.1 Å². The van der Waals surface area contributed by atoms with E-state index in [9.17, 15) is 4.79 Å². The van der Waals surface area contributed by atoms with Crippen molar-refractivity contribution in [3.63, 3.8) is 0 Å². The van der Waals surface area contributed by atoms with Gasteiger partial charge in [0.25, 0.3) is 5.91 Å². The monoisotopic (exact) mass is 313 g/mol. The van der Waals surface area contributed by atoms with Crippen LogP contribution in [0.5, 0.6) is 0 Å². The van der Waals surface area contributed by atoms with Crippen LogP contribution in [0.15, 0.2) is 12.1 Å². The summed E-state index contributed by atoms with van der Waals surface area (Å²) in [6.45, 7) is 6.29. The number of hydrogen-bond acceptors (Lipinski definition) is 1. The summed E-state index contributed by atoms with van der Waals surface area (Å²) in [6.07, 6.45) is 11.1. The minimum Gasteiger partial charge on any atom is -0.339 e. The zero-order valence-corrected chi connectivity index (χ0v) is 14.9. The van der Waals surface area contributed by atoms with Crippen molar-refractivity contribution in [3.05, 3.63) is 34.4 Å². The van der Waals surface area contributed by atoms with Crippen LogP contribution in [0.3, 0.4) is 0 Å². The van der Waals surface area contributed by atoms with Gasteiger partial charge in [-0.05, 0) is 74.1 Å². The summed E-state index contributed by atoms with van der Waals surface area (Å²) in [5.74, 6) is 0.891. The van der Waals surface area contributed by atoms with Crippen molar-refractivity contribution in [1.29, 1.82) is 0 Å². The Morgan fingerprint density at radius 3 is 2.35 bits per heavy atom. The van der Waals surface area contributed by atoms with Crippen LogP contribution in [0.25, 0.3) is 0 Å². The first-order valence-electron chi connectivity index (χ1n) is 9.63. The number of nitrogens with zero attached hydrogens (tertiary/aromatic N) is 1. The Labute approximate surface area is 141 Å². The lowest BCUT2D eigenvalue weighted by molar-refractivity contribution is 0.0722. The van der Waals surface area contributed by atoms with E-state index >= 15 is 0 Å². The number of piperidine rings is 1. The van der Waals surface area contributed by atoms with Crippen molar-refractivity contribution in [1.82, 2.24) is 4.90 Å². The van der Waals surface area contributed by atoms with Gasteiger partial charge in [0.15, 0.2) is 0 Å². The summed E-state index contributed by atoms with van der Waals surface area (Å²) in [6, 6.07) is 4.52. The van der Waals surface area contributed by atoms with Gasteiger partial charge in [0, 0.05) is 18.7 Å². The van der Waals surface area contributed by atoms with E-state index in [1.807, 2.05) is 0 Å². The lowest BCUT2D eigenvalue weighted by Gasteiger charge is -2.31. The molecule has 23 heavy (non-hydrogen) atoms. The fourth-order valence-corrected chi connectivity index (χ4v) is 4.45. The Hall–Kier alpha value is -1.31. The predicted molar refractivity (Wildman–Crippen MR) is 96.1 cm³/mol. The van der Waals surface area contributed by atoms with Crippen LogP contribution in [0.2, 0.25) is 0 Å². The molecule has 0 unspecified atom stereocenters. The molecule has 3 rings (SSSR count). The van der Waals surface area contributed by atoms with Crippen LogP contribution in [-0.2, 0) is 6.42 Å². The van der Waals surface area contributed by atoms with E-state index in [2.05, 4.69) is 30.9 Å². The summed E-state index contributed by atoms with van der Waals surface area (Å²) in [5, 5.41) is 0. The van der Waals surface area contributed by atoms with Crippen molar-refractivity contribution in [3.8, 4) is 0 Å². The summed E-state index contributed by atoms with van der Waals surface area (Å²) in [4.78, 5) is 15.3. The molecule has 2 nitrogen and oxygen atoms in total. The molecule has 126 valence electrons. The number of hydrogen-bond donors (Lipinski definition) is 0.